The van der Waals surface area contributed by atoms with Gasteiger partial charge in [0, 0.05) is 11.4 Å². The zero-order valence-corrected chi connectivity index (χ0v) is 14.9. The van der Waals surface area contributed by atoms with Gasteiger partial charge in [-0.1, -0.05) is 32.0 Å². The highest BCUT2D eigenvalue weighted by atomic mass is 16.2. The number of para-hydroxylation sites is 1. The third-order valence-corrected chi connectivity index (χ3v) is 4.23. The van der Waals surface area contributed by atoms with Crippen molar-refractivity contribution in [3.63, 3.8) is 0 Å². The number of rotatable bonds is 4. The monoisotopic (exact) mass is 338 g/mol. The Kier molecular flexibility index (Phi) is 4.44. The number of aryl methyl sites for hydroxylation is 2. The highest BCUT2D eigenvalue weighted by molar-refractivity contribution is 5.91. The summed E-state index contributed by atoms with van der Waals surface area (Å²) in [5.74, 6) is 0.556. The first kappa shape index (κ1) is 17.0. The number of aromatic amines is 1. The maximum absolute atomic E-state index is 12.6. The third kappa shape index (κ3) is 3.33. The average Bonchev–Trinajstić information content (AvgIpc) is 2.92. The number of hydrogen-bond acceptors (Lipinski definition) is 3. The van der Waals surface area contributed by atoms with E-state index in [0.29, 0.717) is 22.8 Å². The predicted molar refractivity (Wildman–Crippen MR) is 99.0 cm³/mol. The van der Waals surface area contributed by atoms with Gasteiger partial charge in [0.05, 0.1) is 5.39 Å². The molecule has 2 aromatic heterocycles. The quantitative estimate of drug-likeness (QED) is 0.767. The fourth-order valence-electron chi connectivity index (χ4n) is 2.97. The summed E-state index contributed by atoms with van der Waals surface area (Å²) in [4.78, 5) is 32.6. The number of anilines is 1. The Bertz CT molecular complexity index is 998. The maximum Gasteiger partial charge on any atom is 0.263 e. The van der Waals surface area contributed by atoms with Crippen molar-refractivity contribution in [3.8, 4) is 0 Å². The van der Waals surface area contributed by atoms with Crippen LogP contribution < -0.4 is 10.9 Å². The number of hydrogen-bond donors (Lipinski definition) is 2. The second-order valence-corrected chi connectivity index (χ2v) is 6.56. The van der Waals surface area contributed by atoms with E-state index in [9.17, 15) is 9.59 Å². The zero-order valence-electron chi connectivity index (χ0n) is 14.9. The number of carbonyl (C=O) groups is 1. The summed E-state index contributed by atoms with van der Waals surface area (Å²) in [6.07, 6.45) is 0. The van der Waals surface area contributed by atoms with Gasteiger partial charge in [-0.3, -0.25) is 14.2 Å². The molecular formula is C19H22N4O2. The van der Waals surface area contributed by atoms with Crippen LogP contribution in [0.1, 0.15) is 36.8 Å². The second-order valence-electron chi connectivity index (χ2n) is 6.56. The van der Waals surface area contributed by atoms with Crippen LogP contribution in [-0.2, 0) is 11.3 Å². The molecule has 0 radical (unpaired) electrons. The highest BCUT2D eigenvalue weighted by Crippen LogP contribution is 2.23. The van der Waals surface area contributed by atoms with Gasteiger partial charge in [-0.2, -0.15) is 0 Å². The standard InChI is InChI=1S/C19H22N4O2/c1-11(2)14-7-5-6-8-16(14)22-17(24)10-23-13(4)21-18-15(19(23)25)9-12(3)20-18/h5-9,11,20H,10H2,1-4H3,(H,22,24). The molecule has 1 aromatic carbocycles. The van der Waals surface area contributed by atoms with Gasteiger partial charge >= 0.3 is 0 Å². The third-order valence-electron chi connectivity index (χ3n) is 4.23. The van der Waals surface area contributed by atoms with Crippen molar-refractivity contribution in [2.75, 3.05) is 5.32 Å². The topological polar surface area (TPSA) is 79.8 Å². The van der Waals surface area contributed by atoms with Crippen molar-refractivity contribution >= 4 is 22.6 Å². The second kappa shape index (κ2) is 6.55. The Morgan fingerprint density at radius 3 is 2.72 bits per heavy atom. The molecule has 0 aliphatic heterocycles. The normalized spacial score (nSPS) is 11.2. The van der Waals surface area contributed by atoms with Crippen LogP contribution in [0.15, 0.2) is 35.1 Å². The number of benzene rings is 1. The Morgan fingerprint density at radius 1 is 1.28 bits per heavy atom. The molecule has 2 heterocycles. The lowest BCUT2D eigenvalue weighted by atomic mass is 10.0. The lowest BCUT2D eigenvalue weighted by Crippen LogP contribution is -2.30. The van der Waals surface area contributed by atoms with Crippen molar-refractivity contribution in [2.45, 2.75) is 40.2 Å². The summed E-state index contributed by atoms with van der Waals surface area (Å²) < 4.78 is 1.41. The minimum atomic E-state index is -0.244. The van der Waals surface area contributed by atoms with Gasteiger partial charge < -0.3 is 10.3 Å². The van der Waals surface area contributed by atoms with Crippen LogP contribution in [0.25, 0.3) is 11.0 Å². The van der Waals surface area contributed by atoms with E-state index in [-0.39, 0.29) is 18.0 Å². The van der Waals surface area contributed by atoms with Gasteiger partial charge in [0.1, 0.15) is 18.0 Å². The van der Waals surface area contributed by atoms with Crippen molar-refractivity contribution in [1.29, 1.82) is 0 Å². The van der Waals surface area contributed by atoms with Gasteiger partial charge in [0.25, 0.3) is 5.56 Å². The highest BCUT2D eigenvalue weighted by Gasteiger charge is 2.14. The lowest BCUT2D eigenvalue weighted by Gasteiger charge is -2.14. The predicted octanol–water partition coefficient (Wildman–Crippen LogP) is 3.10. The zero-order chi connectivity index (χ0) is 18.1. The van der Waals surface area contributed by atoms with Gasteiger partial charge in [0.15, 0.2) is 0 Å². The van der Waals surface area contributed by atoms with Crippen LogP contribution in [0.4, 0.5) is 5.69 Å². The van der Waals surface area contributed by atoms with Crippen LogP contribution in [-0.4, -0.2) is 20.4 Å². The molecule has 3 aromatic rings. The molecule has 2 N–H and O–H groups in total. The minimum absolute atomic E-state index is 0.0652. The van der Waals surface area contributed by atoms with Gasteiger partial charge in [-0.25, -0.2) is 4.98 Å². The number of amides is 1. The molecule has 130 valence electrons. The summed E-state index contributed by atoms with van der Waals surface area (Å²) in [5, 5.41) is 3.41. The number of carbonyl (C=O) groups excluding carboxylic acids is 1. The molecule has 0 bridgehead atoms. The summed E-state index contributed by atoms with van der Waals surface area (Å²) >= 11 is 0. The molecule has 25 heavy (non-hydrogen) atoms. The van der Waals surface area contributed by atoms with Crippen LogP contribution in [0.2, 0.25) is 0 Å². The summed E-state index contributed by atoms with van der Waals surface area (Å²) in [5.41, 5.74) is 3.06. The Labute approximate surface area is 145 Å². The van der Waals surface area contributed by atoms with E-state index in [1.807, 2.05) is 31.2 Å². The van der Waals surface area contributed by atoms with Crippen molar-refractivity contribution in [2.24, 2.45) is 0 Å². The number of nitrogens with one attached hydrogen (secondary N) is 2. The fourth-order valence-corrected chi connectivity index (χ4v) is 2.97. The van der Waals surface area contributed by atoms with E-state index < -0.39 is 0 Å². The molecule has 0 aliphatic rings. The smallest absolute Gasteiger partial charge is 0.263 e. The fraction of sp³-hybridized carbons (Fsp3) is 0.316. The molecular weight excluding hydrogens is 316 g/mol. The summed E-state index contributed by atoms with van der Waals surface area (Å²) in [6.45, 7) is 7.68. The van der Waals surface area contributed by atoms with Crippen LogP contribution in [0.3, 0.4) is 0 Å². The first-order chi connectivity index (χ1) is 11.9. The van der Waals surface area contributed by atoms with Crippen LogP contribution in [0, 0.1) is 13.8 Å². The molecule has 0 fully saturated rings. The Morgan fingerprint density at radius 2 is 2.00 bits per heavy atom. The first-order valence-corrected chi connectivity index (χ1v) is 8.32. The molecule has 0 saturated heterocycles. The SMILES string of the molecule is Cc1cc2c(=O)n(CC(=O)Nc3ccccc3C(C)C)c(C)nc2[nH]1. The number of fused-ring (bicyclic) bond motifs is 1. The molecule has 6 heteroatoms. The molecule has 0 aliphatic carbocycles. The first-order valence-electron chi connectivity index (χ1n) is 8.32. The lowest BCUT2D eigenvalue weighted by molar-refractivity contribution is -0.116. The van der Waals surface area contributed by atoms with Crippen molar-refractivity contribution in [3.05, 3.63) is 57.8 Å². The molecule has 6 nitrogen and oxygen atoms in total. The molecule has 0 saturated carbocycles. The Hall–Kier alpha value is -2.89. The molecule has 0 atom stereocenters. The number of nitrogens with zero attached hydrogens (tertiary/aromatic N) is 2. The largest absolute Gasteiger partial charge is 0.343 e. The molecule has 3 rings (SSSR count). The van der Waals surface area contributed by atoms with Gasteiger partial charge in [-0.15, -0.1) is 0 Å². The number of H-pyrrole nitrogens is 1. The minimum Gasteiger partial charge on any atom is -0.343 e. The molecule has 1 amide bonds. The van der Waals surface area contributed by atoms with E-state index in [1.165, 1.54) is 4.57 Å². The Balaban J connectivity index is 1.89. The van der Waals surface area contributed by atoms with Crippen molar-refractivity contribution < 1.29 is 4.79 Å². The van der Waals surface area contributed by atoms with Gasteiger partial charge in [0.2, 0.25) is 5.91 Å². The van der Waals surface area contributed by atoms with Crippen LogP contribution >= 0.6 is 0 Å². The van der Waals surface area contributed by atoms with Crippen LogP contribution in [0.5, 0.6) is 0 Å². The maximum atomic E-state index is 12.6. The van der Waals surface area contributed by atoms with E-state index in [2.05, 4.69) is 29.1 Å². The van der Waals surface area contributed by atoms with Crippen molar-refractivity contribution in [1.82, 2.24) is 14.5 Å². The number of aromatic nitrogens is 3. The van der Waals surface area contributed by atoms with E-state index in [4.69, 9.17) is 0 Å². The average molecular weight is 338 g/mol. The van der Waals surface area contributed by atoms with E-state index >= 15 is 0 Å². The summed E-state index contributed by atoms with van der Waals surface area (Å²) in [6, 6.07) is 9.46. The van der Waals surface area contributed by atoms with Gasteiger partial charge in [-0.05, 0) is 37.5 Å². The summed E-state index contributed by atoms with van der Waals surface area (Å²) in [7, 11) is 0. The van der Waals surface area contributed by atoms with E-state index in [0.717, 1.165) is 16.9 Å². The molecule has 0 unspecified atom stereocenters. The molecule has 0 spiro atoms. The van der Waals surface area contributed by atoms with E-state index in [1.54, 1.807) is 13.0 Å².